The number of carbonyl (C=O) groups is 2. The first kappa shape index (κ1) is 15.1. The number of carboxylic acid groups (broad SMARTS) is 1. The molecular weight excluding hydrogens is 256 g/mol. The molecule has 2 saturated carbocycles. The minimum atomic E-state index is -0.789. The Balaban J connectivity index is 1.86. The van der Waals surface area contributed by atoms with E-state index in [9.17, 15) is 14.7 Å². The van der Waals surface area contributed by atoms with Gasteiger partial charge in [-0.25, -0.2) is 4.79 Å². The van der Waals surface area contributed by atoms with E-state index in [1.165, 1.54) is 0 Å². The smallest absolute Gasteiger partial charge is 0.315 e. The van der Waals surface area contributed by atoms with E-state index in [1.54, 1.807) is 0 Å². The van der Waals surface area contributed by atoms with Crippen molar-refractivity contribution in [1.82, 2.24) is 10.6 Å². The second-order valence-corrected chi connectivity index (χ2v) is 7.50. The Labute approximate surface area is 120 Å². The predicted octanol–water partition coefficient (Wildman–Crippen LogP) is 2.37. The van der Waals surface area contributed by atoms with Crippen LogP contribution in [0.1, 0.15) is 53.4 Å². The Morgan fingerprint density at radius 1 is 1.10 bits per heavy atom. The first-order valence-electron chi connectivity index (χ1n) is 7.41. The van der Waals surface area contributed by atoms with E-state index < -0.39 is 11.4 Å². The zero-order valence-electron chi connectivity index (χ0n) is 12.9. The van der Waals surface area contributed by atoms with Gasteiger partial charge in [0.1, 0.15) is 0 Å². The molecule has 2 rings (SSSR count). The van der Waals surface area contributed by atoms with Gasteiger partial charge in [0.15, 0.2) is 0 Å². The summed E-state index contributed by atoms with van der Waals surface area (Å²) in [7, 11) is 0. The lowest BCUT2D eigenvalue weighted by Crippen LogP contribution is -2.46. The van der Waals surface area contributed by atoms with Crippen LogP contribution in [0.5, 0.6) is 0 Å². The number of urea groups is 1. The fraction of sp³-hybridized carbons (Fsp3) is 0.867. The van der Waals surface area contributed by atoms with Crippen molar-refractivity contribution in [2.75, 3.05) is 6.54 Å². The number of hydrogen-bond donors (Lipinski definition) is 3. The quantitative estimate of drug-likeness (QED) is 0.740. The Kier molecular flexibility index (Phi) is 3.51. The van der Waals surface area contributed by atoms with Crippen LogP contribution < -0.4 is 10.6 Å². The van der Waals surface area contributed by atoms with Gasteiger partial charge in [-0.05, 0) is 23.7 Å². The number of nitrogens with one attached hydrogen (secondary N) is 2. The molecule has 2 aliphatic carbocycles. The Bertz CT molecular complexity index is 409. The molecule has 5 heteroatoms. The van der Waals surface area contributed by atoms with Gasteiger partial charge in [-0.1, -0.05) is 40.5 Å². The highest BCUT2D eigenvalue weighted by atomic mass is 16.4. The van der Waals surface area contributed by atoms with Crippen molar-refractivity contribution in [3.8, 4) is 0 Å². The molecule has 0 aromatic heterocycles. The Morgan fingerprint density at radius 2 is 1.60 bits per heavy atom. The highest BCUT2D eigenvalue weighted by Crippen LogP contribution is 2.62. The maximum absolute atomic E-state index is 12.0. The number of amides is 2. The molecule has 2 aliphatic rings. The van der Waals surface area contributed by atoms with E-state index in [0.29, 0.717) is 12.8 Å². The maximum Gasteiger partial charge on any atom is 0.315 e. The first-order chi connectivity index (χ1) is 9.13. The molecule has 0 saturated heterocycles. The minimum absolute atomic E-state index is 0.0855. The molecule has 0 heterocycles. The standard InChI is InChI=1S/C15H26N2O3/c1-13(2)10(14(13,3)4)17-12(20)16-9-15(11(18)19)7-5-6-8-15/h10H,5-9H2,1-4H3,(H,18,19)(H2,16,17,20). The topological polar surface area (TPSA) is 78.4 Å². The van der Waals surface area contributed by atoms with Crippen LogP contribution in [0.4, 0.5) is 4.79 Å². The van der Waals surface area contributed by atoms with Crippen molar-refractivity contribution >= 4 is 12.0 Å². The zero-order chi connectivity index (χ0) is 15.2. The van der Waals surface area contributed by atoms with Crippen molar-refractivity contribution in [3.63, 3.8) is 0 Å². The van der Waals surface area contributed by atoms with Gasteiger partial charge in [-0.15, -0.1) is 0 Å². The summed E-state index contributed by atoms with van der Waals surface area (Å²) in [4.78, 5) is 23.4. The van der Waals surface area contributed by atoms with Crippen molar-refractivity contribution < 1.29 is 14.7 Å². The Hall–Kier alpha value is -1.26. The lowest BCUT2D eigenvalue weighted by molar-refractivity contribution is -0.148. The van der Waals surface area contributed by atoms with Crippen LogP contribution in [-0.2, 0) is 4.79 Å². The van der Waals surface area contributed by atoms with Crippen LogP contribution in [0.25, 0.3) is 0 Å². The molecule has 0 aliphatic heterocycles. The summed E-state index contributed by atoms with van der Waals surface area (Å²) >= 11 is 0. The molecule has 0 atom stereocenters. The highest BCUT2D eigenvalue weighted by molar-refractivity contribution is 5.78. The van der Waals surface area contributed by atoms with E-state index >= 15 is 0 Å². The number of rotatable bonds is 4. The molecule has 0 aromatic rings. The number of aliphatic carboxylic acids is 1. The SMILES string of the molecule is CC1(C)C(NC(=O)NCC2(C(=O)O)CCCC2)C1(C)C. The second-order valence-electron chi connectivity index (χ2n) is 7.50. The fourth-order valence-electron chi connectivity index (χ4n) is 3.51. The van der Waals surface area contributed by atoms with Crippen molar-refractivity contribution in [1.29, 1.82) is 0 Å². The van der Waals surface area contributed by atoms with Gasteiger partial charge in [0.2, 0.25) is 0 Å². The van der Waals surface area contributed by atoms with E-state index in [1.807, 2.05) is 0 Å². The monoisotopic (exact) mass is 282 g/mol. The first-order valence-corrected chi connectivity index (χ1v) is 7.41. The lowest BCUT2D eigenvalue weighted by Gasteiger charge is -2.24. The number of carbonyl (C=O) groups excluding carboxylic acids is 1. The van der Waals surface area contributed by atoms with Crippen LogP contribution >= 0.6 is 0 Å². The molecule has 0 spiro atoms. The third-order valence-corrected chi connectivity index (χ3v) is 5.90. The molecule has 0 aromatic carbocycles. The molecule has 0 radical (unpaired) electrons. The fourth-order valence-corrected chi connectivity index (χ4v) is 3.51. The normalized spacial score (nSPS) is 26.0. The molecule has 2 amide bonds. The van der Waals surface area contributed by atoms with E-state index in [-0.39, 0.29) is 29.4 Å². The van der Waals surface area contributed by atoms with Gasteiger partial charge < -0.3 is 15.7 Å². The maximum atomic E-state index is 12.0. The van der Waals surface area contributed by atoms with Crippen molar-refractivity contribution in [2.24, 2.45) is 16.2 Å². The summed E-state index contributed by atoms with van der Waals surface area (Å²) in [5, 5.41) is 15.1. The third-order valence-electron chi connectivity index (χ3n) is 5.90. The molecule has 20 heavy (non-hydrogen) atoms. The molecule has 5 nitrogen and oxygen atoms in total. The van der Waals surface area contributed by atoms with Gasteiger partial charge in [-0.2, -0.15) is 0 Å². The molecule has 3 N–H and O–H groups in total. The molecule has 0 unspecified atom stereocenters. The number of hydrogen-bond acceptors (Lipinski definition) is 2. The summed E-state index contributed by atoms with van der Waals surface area (Å²) in [5.74, 6) is -0.789. The van der Waals surface area contributed by atoms with E-state index in [2.05, 4.69) is 38.3 Å². The summed E-state index contributed by atoms with van der Waals surface area (Å²) < 4.78 is 0. The average Bonchev–Trinajstić information content (AvgIpc) is 2.77. The lowest BCUT2D eigenvalue weighted by atomic mass is 9.86. The largest absolute Gasteiger partial charge is 0.481 e. The average molecular weight is 282 g/mol. The summed E-state index contributed by atoms with van der Waals surface area (Å²) in [6.07, 6.45) is 3.17. The van der Waals surface area contributed by atoms with Crippen LogP contribution in [-0.4, -0.2) is 29.7 Å². The van der Waals surface area contributed by atoms with E-state index in [4.69, 9.17) is 0 Å². The van der Waals surface area contributed by atoms with Gasteiger partial charge in [0.05, 0.1) is 5.41 Å². The minimum Gasteiger partial charge on any atom is -0.481 e. The van der Waals surface area contributed by atoms with Crippen LogP contribution in [0.15, 0.2) is 0 Å². The van der Waals surface area contributed by atoms with Gasteiger partial charge in [0.25, 0.3) is 0 Å². The zero-order valence-corrected chi connectivity index (χ0v) is 12.9. The van der Waals surface area contributed by atoms with Crippen LogP contribution in [0, 0.1) is 16.2 Å². The summed E-state index contributed by atoms with van der Waals surface area (Å²) in [6.45, 7) is 8.75. The molecule has 114 valence electrons. The Morgan fingerprint density at radius 3 is 2.00 bits per heavy atom. The summed E-state index contributed by atoms with van der Waals surface area (Å²) in [6, 6.07) is -0.111. The third kappa shape index (κ3) is 2.27. The molecule has 0 bridgehead atoms. The van der Waals surface area contributed by atoms with Gasteiger partial charge in [0, 0.05) is 12.6 Å². The van der Waals surface area contributed by atoms with Crippen molar-refractivity contribution in [3.05, 3.63) is 0 Å². The van der Waals surface area contributed by atoms with Gasteiger partial charge in [-0.3, -0.25) is 4.79 Å². The van der Waals surface area contributed by atoms with E-state index in [0.717, 1.165) is 12.8 Å². The molecular formula is C15H26N2O3. The second kappa shape index (κ2) is 4.64. The van der Waals surface area contributed by atoms with Crippen molar-refractivity contribution in [2.45, 2.75) is 59.4 Å². The number of carboxylic acids is 1. The van der Waals surface area contributed by atoms with Gasteiger partial charge >= 0.3 is 12.0 Å². The van der Waals surface area contributed by atoms with Crippen LogP contribution in [0.3, 0.4) is 0 Å². The molecule has 2 fully saturated rings. The highest BCUT2D eigenvalue weighted by Gasteiger charge is 2.65. The van der Waals surface area contributed by atoms with Crippen LogP contribution in [0.2, 0.25) is 0 Å². The predicted molar refractivity (Wildman–Crippen MR) is 76.4 cm³/mol. The summed E-state index contributed by atoms with van der Waals surface area (Å²) in [5.41, 5.74) is -0.587.